The molecule has 74 valence electrons. The second-order valence-electron chi connectivity index (χ2n) is 3.56. The summed E-state index contributed by atoms with van der Waals surface area (Å²) in [5.41, 5.74) is 0.836. The lowest BCUT2D eigenvalue weighted by atomic mass is 10.00. The van der Waals surface area contributed by atoms with Gasteiger partial charge in [0.05, 0.1) is 16.8 Å². The average Bonchev–Trinajstić information content (AvgIpc) is 2.51. The van der Waals surface area contributed by atoms with Gasteiger partial charge in [0.1, 0.15) is 0 Å². The van der Waals surface area contributed by atoms with Crippen molar-refractivity contribution in [2.75, 3.05) is 0 Å². The molecule has 1 aromatic rings. The molecule has 0 spiro atoms. The van der Waals surface area contributed by atoms with Crippen LogP contribution in [0.2, 0.25) is 0 Å². The predicted octanol–water partition coefficient (Wildman–Crippen LogP) is 2.92. The average molecular weight is 199 g/mol. The van der Waals surface area contributed by atoms with Crippen molar-refractivity contribution in [2.24, 2.45) is 5.92 Å². The first-order valence-corrected chi connectivity index (χ1v) is 5.61. The van der Waals surface area contributed by atoms with E-state index in [0.717, 1.165) is 23.5 Å². The van der Waals surface area contributed by atoms with Crippen molar-refractivity contribution in [2.45, 2.75) is 39.7 Å². The van der Waals surface area contributed by atoms with E-state index in [1.165, 1.54) is 0 Å². The largest absolute Gasteiger partial charge is 0.387 e. The SMILES string of the molecule is CCC(C)CC(O)c1csc(C)n1. The minimum Gasteiger partial charge on any atom is -0.387 e. The lowest BCUT2D eigenvalue weighted by Crippen LogP contribution is -2.04. The quantitative estimate of drug-likeness (QED) is 0.808. The summed E-state index contributed by atoms with van der Waals surface area (Å²) < 4.78 is 0. The molecule has 2 unspecified atom stereocenters. The molecule has 2 nitrogen and oxygen atoms in total. The molecular weight excluding hydrogens is 182 g/mol. The van der Waals surface area contributed by atoms with Crippen molar-refractivity contribution < 1.29 is 5.11 Å². The van der Waals surface area contributed by atoms with Gasteiger partial charge in [0.15, 0.2) is 0 Å². The molecule has 0 radical (unpaired) electrons. The van der Waals surface area contributed by atoms with Gasteiger partial charge >= 0.3 is 0 Å². The Kier molecular flexibility index (Phi) is 3.88. The van der Waals surface area contributed by atoms with Crippen LogP contribution in [-0.4, -0.2) is 10.1 Å². The molecule has 2 atom stereocenters. The van der Waals surface area contributed by atoms with Gasteiger partial charge in [0.25, 0.3) is 0 Å². The van der Waals surface area contributed by atoms with Gasteiger partial charge in [0.2, 0.25) is 0 Å². The summed E-state index contributed by atoms with van der Waals surface area (Å²) in [5.74, 6) is 0.567. The smallest absolute Gasteiger partial charge is 0.0970 e. The molecule has 0 aliphatic rings. The topological polar surface area (TPSA) is 33.1 Å². The fourth-order valence-corrected chi connectivity index (χ4v) is 1.86. The Bertz CT molecular complexity index is 259. The van der Waals surface area contributed by atoms with E-state index in [4.69, 9.17) is 0 Å². The van der Waals surface area contributed by atoms with Crippen molar-refractivity contribution in [3.8, 4) is 0 Å². The Hall–Kier alpha value is -0.410. The van der Waals surface area contributed by atoms with Crippen LogP contribution in [0, 0.1) is 12.8 Å². The van der Waals surface area contributed by atoms with Gasteiger partial charge in [-0.1, -0.05) is 20.3 Å². The molecule has 3 heteroatoms. The normalized spacial score (nSPS) is 15.7. The van der Waals surface area contributed by atoms with Gasteiger partial charge in [-0.05, 0) is 19.3 Å². The van der Waals surface area contributed by atoms with Gasteiger partial charge < -0.3 is 5.11 Å². The van der Waals surface area contributed by atoms with E-state index in [-0.39, 0.29) is 6.10 Å². The number of hydrogen-bond donors (Lipinski definition) is 1. The first-order chi connectivity index (χ1) is 6.13. The van der Waals surface area contributed by atoms with E-state index in [1.807, 2.05) is 12.3 Å². The van der Waals surface area contributed by atoms with Crippen LogP contribution in [0.4, 0.5) is 0 Å². The van der Waals surface area contributed by atoms with Crippen LogP contribution in [0.5, 0.6) is 0 Å². The molecule has 0 aromatic carbocycles. The molecule has 0 saturated heterocycles. The summed E-state index contributed by atoms with van der Waals surface area (Å²) in [6.07, 6.45) is 1.56. The van der Waals surface area contributed by atoms with Crippen LogP contribution < -0.4 is 0 Å². The highest BCUT2D eigenvalue weighted by Crippen LogP contribution is 2.23. The number of thiazole rings is 1. The number of aliphatic hydroxyl groups excluding tert-OH is 1. The highest BCUT2D eigenvalue weighted by Gasteiger charge is 2.13. The number of aryl methyl sites for hydroxylation is 1. The molecule has 13 heavy (non-hydrogen) atoms. The predicted molar refractivity (Wildman–Crippen MR) is 55.9 cm³/mol. The van der Waals surface area contributed by atoms with E-state index in [1.54, 1.807) is 11.3 Å². The molecule has 1 heterocycles. The summed E-state index contributed by atoms with van der Waals surface area (Å²) >= 11 is 1.60. The molecule has 0 fully saturated rings. The molecule has 1 N–H and O–H groups in total. The van der Waals surface area contributed by atoms with Crippen LogP contribution in [0.3, 0.4) is 0 Å². The van der Waals surface area contributed by atoms with E-state index in [0.29, 0.717) is 5.92 Å². The zero-order chi connectivity index (χ0) is 9.84. The van der Waals surface area contributed by atoms with Gasteiger partial charge in [0, 0.05) is 5.38 Å². The van der Waals surface area contributed by atoms with E-state index >= 15 is 0 Å². The summed E-state index contributed by atoms with van der Waals surface area (Å²) in [4.78, 5) is 4.27. The van der Waals surface area contributed by atoms with Crippen LogP contribution in [-0.2, 0) is 0 Å². The fraction of sp³-hybridized carbons (Fsp3) is 0.700. The fourth-order valence-electron chi connectivity index (χ4n) is 1.20. The Labute approximate surface area is 83.6 Å². The molecular formula is C10H17NOS. The Balaban J connectivity index is 2.53. The second kappa shape index (κ2) is 4.72. The van der Waals surface area contributed by atoms with Crippen LogP contribution in [0.15, 0.2) is 5.38 Å². The van der Waals surface area contributed by atoms with Crippen molar-refractivity contribution in [3.63, 3.8) is 0 Å². The van der Waals surface area contributed by atoms with Crippen LogP contribution in [0.1, 0.15) is 43.5 Å². The lowest BCUT2D eigenvalue weighted by Gasteiger charge is -2.12. The van der Waals surface area contributed by atoms with Crippen molar-refractivity contribution in [1.29, 1.82) is 0 Å². The summed E-state index contributed by atoms with van der Waals surface area (Å²) in [6, 6.07) is 0. The number of rotatable bonds is 4. The van der Waals surface area contributed by atoms with Crippen molar-refractivity contribution in [1.82, 2.24) is 4.98 Å². The van der Waals surface area contributed by atoms with E-state index in [2.05, 4.69) is 18.8 Å². The van der Waals surface area contributed by atoms with Gasteiger partial charge in [-0.3, -0.25) is 0 Å². The number of aromatic nitrogens is 1. The monoisotopic (exact) mass is 199 g/mol. The van der Waals surface area contributed by atoms with E-state index < -0.39 is 0 Å². The van der Waals surface area contributed by atoms with Gasteiger partial charge in [-0.25, -0.2) is 4.98 Å². The number of nitrogens with zero attached hydrogens (tertiary/aromatic N) is 1. The van der Waals surface area contributed by atoms with Gasteiger partial charge in [-0.2, -0.15) is 0 Å². The second-order valence-corrected chi connectivity index (χ2v) is 4.62. The molecule has 0 saturated carbocycles. The zero-order valence-corrected chi connectivity index (χ0v) is 9.27. The molecule has 1 aromatic heterocycles. The van der Waals surface area contributed by atoms with E-state index in [9.17, 15) is 5.11 Å². The Morgan fingerprint density at radius 1 is 1.62 bits per heavy atom. The standard InChI is InChI=1S/C10H17NOS/c1-4-7(2)5-10(12)9-6-13-8(3)11-9/h6-7,10,12H,4-5H2,1-3H3. The minimum atomic E-state index is -0.375. The molecule has 0 amide bonds. The highest BCUT2D eigenvalue weighted by atomic mass is 32.1. The maximum absolute atomic E-state index is 9.78. The molecule has 0 aliphatic heterocycles. The molecule has 0 bridgehead atoms. The van der Waals surface area contributed by atoms with Crippen molar-refractivity contribution >= 4 is 11.3 Å². The number of aliphatic hydroxyl groups is 1. The van der Waals surface area contributed by atoms with Gasteiger partial charge in [-0.15, -0.1) is 11.3 Å². The zero-order valence-electron chi connectivity index (χ0n) is 8.45. The molecule has 1 rings (SSSR count). The number of hydrogen-bond acceptors (Lipinski definition) is 3. The Morgan fingerprint density at radius 3 is 2.77 bits per heavy atom. The third-order valence-electron chi connectivity index (χ3n) is 2.30. The third kappa shape index (κ3) is 3.08. The highest BCUT2D eigenvalue weighted by molar-refractivity contribution is 7.09. The minimum absolute atomic E-state index is 0.375. The summed E-state index contributed by atoms with van der Waals surface area (Å²) in [5, 5.41) is 12.8. The maximum atomic E-state index is 9.78. The summed E-state index contributed by atoms with van der Waals surface area (Å²) in [6.45, 7) is 6.26. The maximum Gasteiger partial charge on any atom is 0.0970 e. The first kappa shape index (κ1) is 10.7. The van der Waals surface area contributed by atoms with Crippen LogP contribution in [0.25, 0.3) is 0 Å². The van der Waals surface area contributed by atoms with Crippen molar-refractivity contribution in [3.05, 3.63) is 16.1 Å². The lowest BCUT2D eigenvalue weighted by molar-refractivity contribution is 0.142. The Morgan fingerprint density at radius 2 is 2.31 bits per heavy atom. The van der Waals surface area contributed by atoms with Crippen LogP contribution >= 0.6 is 11.3 Å². The molecule has 0 aliphatic carbocycles. The third-order valence-corrected chi connectivity index (χ3v) is 3.09. The first-order valence-electron chi connectivity index (χ1n) is 4.73. The summed E-state index contributed by atoms with van der Waals surface area (Å²) in [7, 11) is 0.